The molecule has 1 aliphatic heterocycles. The van der Waals surface area contributed by atoms with Crippen LogP contribution in [0.15, 0.2) is 47.6 Å². The molecule has 0 radical (unpaired) electrons. The fourth-order valence-electron chi connectivity index (χ4n) is 2.79. The molecule has 2 N–H and O–H groups in total. The van der Waals surface area contributed by atoms with E-state index in [1.54, 1.807) is 13.0 Å². The Bertz CT molecular complexity index is 770. The maximum atomic E-state index is 9.28. The third-order valence-electron chi connectivity index (χ3n) is 4.22. The number of benzene rings is 2. The molecule has 132 valence electrons. The molecule has 25 heavy (non-hydrogen) atoms. The van der Waals surface area contributed by atoms with Crippen molar-refractivity contribution < 1.29 is 9.94 Å². The van der Waals surface area contributed by atoms with Crippen molar-refractivity contribution in [3.05, 3.63) is 69.2 Å². The molecule has 3 rings (SSSR count). The quantitative estimate of drug-likeness (QED) is 0.755. The van der Waals surface area contributed by atoms with Gasteiger partial charge < -0.3 is 9.94 Å². The smallest absolute Gasteiger partial charge is 0.165 e. The fourth-order valence-corrected chi connectivity index (χ4v) is 3.32. The van der Waals surface area contributed by atoms with Crippen molar-refractivity contribution in [3.63, 3.8) is 0 Å². The second kappa shape index (κ2) is 7.34. The number of hydrogen-bond acceptors (Lipinski definition) is 4. The van der Waals surface area contributed by atoms with Gasteiger partial charge in [-0.2, -0.15) is 0 Å². The van der Waals surface area contributed by atoms with Crippen LogP contribution in [0.2, 0.25) is 10.0 Å². The predicted octanol–water partition coefficient (Wildman–Crippen LogP) is 4.46. The van der Waals surface area contributed by atoms with Gasteiger partial charge >= 0.3 is 0 Å². The monoisotopic (exact) mass is 378 g/mol. The standard InChI is InChI=1S/C19H20Cl2N2O2/c1-12(24)22-11-13-3-5-14(6-4-13)18-10-19(2,25-23-18)15-7-16(20)9-17(21)8-15/h3-9,12,22,24H,10-11H2,1-2H3. The summed E-state index contributed by atoms with van der Waals surface area (Å²) in [6.07, 6.45) is 0.104. The van der Waals surface area contributed by atoms with Crippen LogP contribution in [-0.4, -0.2) is 17.0 Å². The van der Waals surface area contributed by atoms with Crippen LogP contribution < -0.4 is 5.32 Å². The second-order valence-electron chi connectivity index (χ2n) is 6.45. The SMILES string of the molecule is CC(O)NCc1ccc(C2=NOC(C)(c3cc(Cl)cc(Cl)c3)C2)cc1. The van der Waals surface area contributed by atoms with E-state index in [1.807, 2.05) is 43.3 Å². The molecule has 2 aromatic carbocycles. The van der Waals surface area contributed by atoms with Gasteiger partial charge in [-0.25, -0.2) is 0 Å². The number of nitrogens with zero attached hydrogens (tertiary/aromatic N) is 1. The van der Waals surface area contributed by atoms with E-state index in [4.69, 9.17) is 28.0 Å². The topological polar surface area (TPSA) is 53.8 Å². The van der Waals surface area contributed by atoms with Crippen LogP contribution in [0.3, 0.4) is 0 Å². The average Bonchev–Trinajstić information content (AvgIpc) is 2.96. The van der Waals surface area contributed by atoms with E-state index in [1.165, 1.54) is 0 Å². The first kappa shape index (κ1) is 18.2. The van der Waals surface area contributed by atoms with Crippen LogP contribution in [0, 0.1) is 0 Å². The van der Waals surface area contributed by atoms with Crippen molar-refractivity contribution in [2.45, 2.75) is 38.6 Å². The molecule has 0 aliphatic carbocycles. The highest BCUT2D eigenvalue weighted by Gasteiger charge is 2.37. The van der Waals surface area contributed by atoms with Crippen LogP contribution in [0.1, 0.15) is 37.0 Å². The molecule has 0 amide bonds. The van der Waals surface area contributed by atoms with E-state index in [0.29, 0.717) is 23.0 Å². The van der Waals surface area contributed by atoms with Gasteiger partial charge in [0.15, 0.2) is 5.60 Å². The number of hydrogen-bond donors (Lipinski definition) is 2. The van der Waals surface area contributed by atoms with Crippen LogP contribution in [0.4, 0.5) is 0 Å². The van der Waals surface area contributed by atoms with E-state index in [0.717, 1.165) is 22.4 Å². The predicted molar refractivity (Wildman–Crippen MR) is 101 cm³/mol. The molecule has 0 saturated carbocycles. The zero-order valence-corrected chi connectivity index (χ0v) is 15.6. The van der Waals surface area contributed by atoms with E-state index in [-0.39, 0.29) is 0 Å². The van der Waals surface area contributed by atoms with E-state index in [9.17, 15) is 5.11 Å². The Morgan fingerprint density at radius 1 is 1.20 bits per heavy atom. The highest BCUT2D eigenvalue weighted by molar-refractivity contribution is 6.34. The van der Waals surface area contributed by atoms with Crippen molar-refractivity contribution in [1.29, 1.82) is 0 Å². The molecular weight excluding hydrogens is 359 g/mol. The first-order chi connectivity index (χ1) is 11.9. The zero-order valence-electron chi connectivity index (χ0n) is 14.1. The van der Waals surface area contributed by atoms with Crippen molar-refractivity contribution in [3.8, 4) is 0 Å². The van der Waals surface area contributed by atoms with Gasteiger partial charge in [0.1, 0.15) is 6.23 Å². The Hall–Kier alpha value is -1.59. The molecule has 4 nitrogen and oxygen atoms in total. The summed E-state index contributed by atoms with van der Waals surface area (Å²) in [5, 5.41) is 17.7. The van der Waals surface area contributed by atoms with E-state index < -0.39 is 11.8 Å². The van der Waals surface area contributed by atoms with Crippen molar-refractivity contribution in [1.82, 2.24) is 5.32 Å². The lowest BCUT2D eigenvalue weighted by Crippen LogP contribution is -2.24. The molecule has 1 heterocycles. The van der Waals surface area contributed by atoms with Gasteiger partial charge in [-0.05, 0) is 43.2 Å². The molecule has 2 unspecified atom stereocenters. The number of halogens is 2. The highest BCUT2D eigenvalue weighted by atomic mass is 35.5. The molecule has 6 heteroatoms. The molecule has 0 aromatic heterocycles. The molecule has 0 saturated heterocycles. The zero-order chi connectivity index (χ0) is 18.0. The van der Waals surface area contributed by atoms with Crippen LogP contribution in [0.25, 0.3) is 0 Å². The Morgan fingerprint density at radius 2 is 1.84 bits per heavy atom. The van der Waals surface area contributed by atoms with Gasteiger partial charge in [-0.1, -0.05) is 52.6 Å². The van der Waals surface area contributed by atoms with Crippen LogP contribution in [-0.2, 0) is 17.0 Å². The van der Waals surface area contributed by atoms with Crippen molar-refractivity contribution in [2.75, 3.05) is 0 Å². The van der Waals surface area contributed by atoms with Gasteiger partial charge in [-0.3, -0.25) is 5.32 Å². The van der Waals surface area contributed by atoms with E-state index in [2.05, 4.69) is 10.5 Å². The van der Waals surface area contributed by atoms with Gasteiger partial charge in [0.05, 0.1) is 5.71 Å². The maximum absolute atomic E-state index is 9.28. The Morgan fingerprint density at radius 3 is 2.44 bits per heavy atom. The Labute approximate surface area is 157 Å². The summed E-state index contributed by atoms with van der Waals surface area (Å²) in [5.41, 5.74) is 3.30. The number of rotatable bonds is 5. The number of nitrogens with one attached hydrogen (secondary N) is 1. The summed E-state index contributed by atoms with van der Waals surface area (Å²) in [5.74, 6) is 0. The molecule has 0 spiro atoms. The second-order valence-corrected chi connectivity index (χ2v) is 7.32. The lowest BCUT2D eigenvalue weighted by Gasteiger charge is -2.22. The minimum Gasteiger partial charge on any atom is -0.384 e. The Balaban J connectivity index is 1.73. The van der Waals surface area contributed by atoms with Crippen LogP contribution >= 0.6 is 23.2 Å². The molecule has 2 atom stereocenters. The largest absolute Gasteiger partial charge is 0.384 e. The first-order valence-corrected chi connectivity index (χ1v) is 8.84. The maximum Gasteiger partial charge on any atom is 0.165 e. The summed E-state index contributed by atoms with van der Waals surface area (Å²) >= 11 is 12.2. The number of aliphatic hydroxyl groups is 1. The highest BCUT2D eigenvalue weighted by Crippen LogP contribution is 2.38. The number of oxime groups is 1. The lowest BCUT2D eigenvalue weighted by molar-refractivity contribution is -0.00737. The minimum absolute atomic E-state index is 0.530. The molecule has 0 fully saturated rings. The van der Waals surface area contributed by atoms with Crippen LogP contribution in [0.5, 0.6) is 0 Å². The summed E-state index contributed by atoms with van der Waals surface area (Å²) in [4.78, 5) is 5.74. The lowest BCUT2D eigenvalue weighted by atomic mass is 9.89. The fraction of sp³-hybridized carbons (Fsp3) is 0.316. The first-order valence-electron chi connectivity index (χ1n) is 8.08. The molecule has 1 aliphatic rings. The molecule has 0 bridgehead atoms. The Kier molecular flexibility index (Phi) is 5.35. The van der Waals surface area contributed by atoms with Crippen molar-refractivity contribution >= 4 is 28.9 Å². The summed E-state index contributed by atoms with van der Waals surface area (Å²) in [7, 11) is 0. The van der Waals surface area contributed by atoms with Gasteiger partial charge in [-0.15, -0.1) is 0 Å². The molecular formula is C19H20Cl2N2O2. The van der Waals surface area contributed by atoms with Crippen molar-refractivity contribution in [2.24, 2.45) is 5.16 Å². The molecule has 2 aromatic rings. The van der Waals surface area contributed by atoms with Gasteiger partial charge in [0.25, 0.3) is 0 Å². The minimum atomic E-state index is -0.587. The number of aliphatic hydroxyl groups excluding tert-OH is 1. The third-order valence-corrected chi connectivity index (χ3v) is 4.66. The normalized spacial score (nSPS) is 20.9. The van der Waals surface area contributed by atoms with Gasteiger partial charge in [0, 0.05) is 28.6 Å². The third kappa shape index (κ3) is 4.33. The van der Waals surface area contributed by atoms with Gasteiger partial charge in [0.2, 0.25) is 0 Å². The summed E-state index contributed by atoms with van der Waals surface area (Å²) < 4.78 is 0. The average molecular weight is 379 g/mol. The summed E-state index contributed by atoms with van der Waals surface area (Å²) in [6.45, 7) is 4.29. The van der Waals surface area contributed by atoms with E-state index >= 15 is 0 Å². The summed E-state index contributed by atoms with van der Waals surface area (Å²) in [6, 6.07) is 13.5.